The van der Waals surface area contributed by atoms with Gasteiger partial charge in [-0.3, -0.25) is 9.78 Å². The molecule has 0 saturated carbocycles. The van der Waals surface area contributed by atoms with Crippen molar-refractivity contribution in [1.82, 2.24) is 10.3 Å². The van der Waals surface area contributed by atoms with Crippen molar-refractivity contribution in [2.45, 2.75) is 13.8 Å². The average Bonchev–Trinajstić information content (AvgIpc) is 2.26. The third-order valence-electron chi connectivity index (χ3n) is 2.08. The number of carbonyl (C=O) groups is 2. The Balaban J connectivity index is 2.78. The Bertz CT molecular complexity index is 432. The van der Waals surface area contributed by atoms with Gasteiger partial charge in [-0.1, -0.05) is 0 Å². The molecule has 0 aliphatic carbocycles. The zero-order valence-electron chi connectivity index (χ0n) is 9.78. The lowest BCUT2D eigenvalue weighted by molar-refractivity contribution is -0.119. The summed E-state index contributed by atoms with van der Waals surface area (Å²) in [6.07, 6.45) is 1.28. The minimum Gasteiger partial charge on any atom is -0.478 e. The molecule has 1 aromatic rings. The highest BCUT2D eigenvalue weighted by atomic mass is 16.4. The van der Waals surface area contributed by atoms with E-state index in [4.69, 9.17) is 5.11 Å². The number of pyridine rings is 1. The topological polar surface area (TPSA) is 91.3 Å². The molecule has 17 heavy (non-hydrogen) atoms. The van der Waals surface area contributed by atoms with Crippen LogP contribution in [0.15, 0.2) is 12.3 Å². The number of anilines is 1. The zero-order chi connectivity index (χ0) is 12.8. The zero-order valence-corrected chi connectivity index (χ0v) is 9.78. The fourth-order valence-electron chi connectivity index (χ4n) is 1.31. The van der Waals surface area contributed by atoms with Crippen LogP contribution in [0.5, 0.6) is 0 Å². The lowest BCUT2D eigenvalue weighted by Crippen LogP contribution is -2.29. The summed E-state index contributed by atoms with van der Waals surface area (Å²) in [5.41, 5.74) is 1.14. The smallest absolute Gasteiger partial charge is 0.339 e. The Morgan fingerprint density at radius 1 is 1.47 bits per heavy atom. The molecule has 0 aliphatic heterocycles. The molecule has 6 nitrogen and oxygen atoms in total. The van der Waals surface area contributed by atoms with E-state index < -0.39 is 5.97 Å². The maximum Gasteiger partial charge on any atom is 0.339 e. The molecule has 0 saturated heterocycles. The number of nitrogens with one attached hydrogen (secondary N) is 2. The van der Waals surface area contributed by atoms with Crippen molar-refractivity contribution in [2.75, 3.05) is 18.4 Å². The van der Waals surface area contributed by atoms with E-state index in [-0.39, 0.29) is 18.0 Å². The molecular formula is C11H15N3O3. The maximum atomic E-state index is 11.2. The number of carbonyl (C=O) groups excluding carboxylic acids is 1. The van der Waals surface area contributed by atoms with Crippen molar-refractivity contribution < 1.29 is 14.7 Å². The number of hydrogen-bond donors (Lipinski definition) is 3. The van der Waals surface area contributed by atoms with Crippen molar-refractivity contribution in [3.8, 4) is 0 Å². The van der Waals surface area contributed by atoms with Gasteiger partial charge in [0.15, 0.2) is 0 Å². The highest BCUT2D eigenvalue weighted by Crippen LogP contribution is 2.15. The molecule has 1 heterocycles. The molecule has 1 aromatic heterocycles. The molecule has 0 spiro atoms. The Morgan fingerprint density at radius 3 is 2.76 bits per heavy atom. The van der Waals surface area contributed by atoms with Crippen LogP contribution in [-0.4, -0.2) is 35.1 Å². The summed E-state index contributed by atoms with van der Waals surface area (Å²) in [6.45, 7) is 4.15. The Morgan fingerprint density at radius 2 is 2.18 bits per heavy atom. The molecule has 3 N–H and O–H groups in total. The minimum atomic E-state index is -1.07. The van der Waals surface area contributed by atoms with Gasteiger partial charge in [0.1, 0.15) is 5.56 Å². The van der Waals surface area contributed by atoms with E-state index in [0.29, 0.717) is 17.9 Å². The number of rotatable bonds is 5. The second kappa shape index (κ2) is 5.83. The molecule has 0 bridgehead atoms. The number of nitrogens with zero attached hydrogens (tertiary/aromatic N) is 1. The summed E-state index contributed by atoms with van der Waals surface area (Å²) in [5, 5.41) is 14.3. The first kappa shape index (κ1) is 13.0. The van der Waals surface area contributed by atoms with Crippen LogP contribution < -0.4 is 10.6 Å². The second-order valence-electron chi connectivity index (χ2n) is 3.48. The summed E-state index contributed by atoms with van der Waals surface area (Å²) < 4.78 is 0. The first-order valence-electron chi connectivity index (χ1n) is 5.25. The lowest BCUT2D eigenvalue weighted by atomic mass is 10.2. The average molecular weight is 237 g/mol. The number of carboxylic acids is 1. The van der Waals surface area contributed by atoms with Crippen molar-refractivity contribution >= 4 is 17.6 Å². The SMILES string of the molecule is CCNC(=O)CNc1cc(C)ncc1C(=O)O. The van der Waals surface area contributed by atoms with E-state index in [1.54, 1.807) is 13.0 Å². The highest BCUT2D eigenvalue weighted by Gasteiger charge is 2.11. The Hall–Kier alpha value is -2.11. The van der Waals surface area contributed by atoms with Crippen LogP contribution in [0.1, 0.15) is 23.0 Å². The number of hydrogen-bond acceptors (Lipinski definition) is 4. The Labute approximate surface area is 99.1 Å². The third-order valence-corrected chi connectivity index (χ3v) is 2.08. The summed E-state index contributed by atoms with van der Waals surface area (Å²) >= 11 is 0. The van der Waals surface area contributed by atoms with Crippen LogP contribution in [0.4, 0.5) is 5.69 Å². The predicted molar refractivity (Wildman–Crippen MR) is 63.1 cm³/mol. The molecule has 92 valence electrons. The van der Waals surface area contributed by atoms with Gasteiger partial charge in [-0.2, -0.15) is 0 Å². The first-order chi connectivity index (χ1) is 8.04. The predicted octanol–water partition coefficient (Wildman–Crippen LogP) is 0.636. The number of aromatic nitrogens is 1. The van der Waals surface area contributed by atoms with Crippen molar-refractivity contribution in [3.63, 3.8) is 0 Å². The van der Waals surface area contributed by atoms with Gasteiger partial charge >= 0.3 is 5.97 Å². The van der Waals surface area contributed by atoms with Gasteiger partial charge in [0, 0.05) is 18.4 Å². The van der Waals surface area contributed by atoms with E-state index >= 15 is 0 Å². The lowest BCUT2D eigenvalue weighted by Gasteiger charge is -2.09. The molecule has 0 aliphatic rings. The van der Waals surface area contributed by atoms with E-state index in [9.17, 15) is 9.59 Å². The van der Waals surface area contributed by atoms with E-state index in [0.717, 1.165) is 0 Å². The van der Waals surface area contributed by atoms with E-state index in [2.05, 4.69) is 15.6 Å². The fraction of sp³-hybridized carbons (Fsp3) is 0.364. The molecule has 0 aromatic carbocycles. The van der Waals surface area contributed by atoms with Gasteiger partial charge in [0.25, 0.3) is 0 Å². The number of likely N-dealkylation sites (N-methyl/N-ethyl adjacent to an activating group) is 1. The molecule has 6 heteroatoms. The van der Waals surface area contributed by atoms with Crippen LogP contribution in [0.25, 0.3) is 0 Å². The number of aromatic carboxylic acids is 1. The first-order valence-corrected chi connectivity index (χ1v) is 5.25. The second-order valence-corrected chi connectivity index (χ2v) is 3.48. The normalized spacial score (nSPS) is 9.76. The molecular weight excluding hydrogens is 222 g/mol. The van der Waals surface area contributed by atoms with Gasteiger partial charge in [0.2, 0.25) is 5.91 Å². The summed E-state index contributed by atoms with van der Waals surface area (Å²) in [6, 6.07) is 1.60. The Kier molecular flexibility index (Phi) is 4.45. The molecule has 0 unspecified atom stereocenters. The van der Waals surface area contributed by atoms with Crippen molar-refractivity contribution in [3.05, 3.63) is 23.5 Å². The number of carboxylic acid groups (broad SMARTS) is 1. The largest absolute Gasteiger partial charge is 0.478 e. The van der Waals surface area contributed by atoms with Crippen LogP contribution >= 0.6 is 0 Å². The standard InChI is InChI=1S/C11H15N3O3/c1-3-12-10(15)6-14-9-4-7(2)13-5-8(9)11(16)17/h4-5H,3,6H2,1-2H3,(H,12,15)(H,13,14)(H,16,17). The molecule has 1 rings (SSSR count). The summed E-state index contributed by atoms with van der Waals surface area (Å²) in [7, 11) is 0. The number of aryl methyl sites for hydroxylation is 1. The quantitative estimate of drug-likeness (QED) is 0.699. The van der Waals surface area contributed by atoms with Crippen LogP contribution in [-0.2, 0) is 4.79 Å². The monoisotopic (exact) mass is 237 g/mol. The highest BCUT2D eigenvalue weighted by molar-refractivity contribution is 5.94. The van der Waals surface area contributed by atoms with Crippen molar-refractivity contribution in [1.29, 1.82) is 0 Å². The fourth-order valence-corrected chi connectivity index (χ4v) is 1.31. The summed E-state index contributed by atoms with van der Waals surface area (Å²) in [4.78, 5) is 26.1. The number of amides is 1. The van der Waals surface area contributed by atoms with E-state index in [1.165, 1.54) is 6.20 Å². The molecule has 0 fully saturated rings. The van der Waals surface area contributed by atoms with Crippen molar-refractivity contribution in [2.24, 2.45) is 0 Å². The van der Waals surface area contributed by atoms with Gasteiger partial charge in [0.05, 0.1) is 12.2 Å². The summed E-state index contributed by atoms with van der Waals surface area (Å²) in [5.74, 6) is -1.26. The van der Waals surface area contributed by atoms with Gasteiger partial charge in [-0.05, 0) is 19.9 Å². The van der Waals surface area contributed by atoms with Crippen LogP contribution in [0, 0.1) is 6.92 Å². The van der Waals surface area contributed by atoms with Gasteiger partial charge < -0.3 is 15.7 Å². The maximum absolute atomic E-state index is 11.2. The third kappa shape index (κ3) is 3.75. The molecule has 0 atom stereocenters. The van der Waals surface area contributed by atoms with Crippen LogP contribution in [0.2, 0.25) is 0 Å². The van der Waals surface area contributed by atoms with Gasteiger partial charge in [-0.25, -0.2) is 4.79 Å². The molecule has 0 radical (unpaired) electrons. The van der Waals surface area contributed by atoms with Crippen LogP contribution in [0.3, 0.4) is 0 Å². The molecule has 1 amide bonds. The van der Waals surface area contributed by atoms with E-state index in [1.807, 2.05) is 6.92 Å². The minimum absolute atomic E-state index is 0.0393. The van der Waals surface area contributed by atoms with Gasteiger partial charge in [-0.15, -0.1) is 0 Å².